The summed E-state index contributed by atoms with van der Waals surface area (Å²) in [4.78, 5) is 22.8. The van der Waals surface area contributed by atoms with Gasteiger partial charge in [-0.15, -0.1) is 0 Å². The standard InChI is InChI=1S/C28H35F3N6O4/c1-16-24(23-17(2)36-41-18(23)3)34-26(35-25(16)33-19-9-12-37(13-10-19)27(38)39-5)21-15-20(40-14-6-11-32-4)7-8-22(21)28(29,30)31/h7-8,15,19,32H,6,9-14H2,1-5H3,(H,33,34,35). The first-order chi connectivity index (χ1) is 19.5. The number of methoxy groups -OCH3 is 1. The fraction of sp³-hybridized carbons (Fsp3) is 0.500. The van der Waals surface area contributed by atoms with Crippen molar-refractivity contribution in [2.24, 2.45) is 0 Å². The second-order valence-corrected chi connectivity index (χ2v) is 9.96. The third kappa shape index (κ3) is 6.89. The van der Waals surface area contributed by atoms with Crippen LogP contribution in [0.1, 0.15) is 41.8 Å². The normalized spacial score (nSPS) is 14.3. The van der Waals surface area contributed by atoms with Crippen LogP contribution in [0.3, 0.4) is 0 Å². The average Bonchev–Trinajstić information content (AvgIpc) is 3.28. The quantitative estimate of drug-likeness (QED) is 0.324. The molecular weight excluding hydrogens is 541 g/mol. The Kier molecular flexibility index (Phi) is 9.36. The number of rotatable bonds is 9. The van der Waals surface area contributed by atoms with E-state index in [-0.39, 0.29) is 23.2 Å². The summed E-state index contributed by atoms with van der Waals surface area (Å²) >= 11 is 0. The molecule has 3 aromatic rings. The summed E-state index contributed by atoms with van der Waals surface area (Å²) < 4.78 is 58.6. The minimum atomic E-state index is -4.65. The van der Waals surface area contributed by atoms with Crippen LogP contribution in [0.4, 0.5) is 23.8 Å². The van der Waals surface area contributed by atoms with E-state index >= 15 is 0 Å². The summed E-state index contributed by atoms with van der Waals surface area (Å²) in [7, 11) is 3.15. The van der Waals surface area contributed by atoms with Gasteiger partial charge in [0, 0.05) is 30.3 Å². The van der Waals surface area contributed by atoms with Crippen molar-refractivity contribution in [2.45, 2.75) is 52.3 Å². The third-order valence-corrected chi connectivity index (χ3v) is 7.06. The van der Waals surface area contributed by atoms with E-state index in [1.165, 1.54) is 19.2 Å². The molecule has 1 amide bonds. The van der Waals surface area contributed by atoms with E-state index in [1.54, 1.807) is 18.7 Å². The summed E-state index contributed by atoms with van der Waals surface area (Å²) in [6.45, 7) is 7.29. The van der Waals surface area contributed by atoms with Crippen molar-refractivity contribution in [1.29, 1.82) is 0 Å². The molecule has 0 saturated carbocycles. The molecule has 0 atom stereocenters. The topological polar surface area (TPSA) is 115 Å². The number of piperidine rings is 1. The van der Waals surface area contributed by atoms with Crippen LogP contribution in [-0.2, 0) is 10.9 Å². The number of nitrogens with one attached hydrogen (secondary N) is 2. The molecule has 10 nitrogen and oxygen atoms in total. The Labute approximate surface area is 236 Å². The van der Waals surface area contributed by atoms with Gasteiger partial charge in [0.1, 0.15) is 17.3 Å². The van der Waals surface area contributed by atoms with Gasteiger partial charge in [-0.2, -0.15) is 13.2 Å². The summed E-state index contributed by atoms with van der Waals surface area (Å²) in [5.74, 6) is 1.07. The molecular formula is C28H35F3N6O4. The highest BCUT2D eigenvalue weighted by Crippen LogP contribution is 2.40. The van der Waals surface area contributed by atoms with Crippen LogP contribution >= 0.6 is 0 Å². The molecule has 0 unspecified atom stereocenters. The number of ether oxygens (including phenoxy) is 2. The van der Waals surface area contributed by atoms with Crippen molar-refractivity contribution in [2.75, 3.05) is 45.7 Å². The second-order valence-electron chi connectivity index (χ2n) is 9.96. The van der Waals surface area contributed by atoms with Gasteiger partial charge in [-0.05, 0) is 71.8 Å². The molecule has 0 aliphatic carbocycles. The highest BCUT2D eigenvalue weighted by atomic mass is 19.4. The van der Waals surface area contributed by atoms with Crippen LogP contribution in [0, 0.1) is 20.8 Å². The number of carbonyl (C=O) groups excluding carboxylic acids is 1. The molecule has 0 bridgehead atoms. The molecule has 1 fully saturated rings. The molecule has 0 radical (unpaired) electrons. The minimum Gasteiger partial charge on any atom is -0.494 e. The molecule has 41 heavy (non-hydrogen) atoms. The maximum Gasteiger partial charge on any atom is 0.417 e. The highest BCUT2D eigenvalue weighted by molar-refractivity contribution is 5.76. The van der Waals surface area contributed by atoms with Gasteiger partial charge in [0.15, 0.2) is 5.82 Å². The van der Waals surface area contributed by atoms with E-state index in [2.05, 4.69) is 25.8 Å². The Bertz CT molecular complexity index is 1350. The molecule has 2 N–H and O–H groups in total. The van der Waals surface area contributed by atoms with Gasteiger partial charge in [-0.1, -0.05) is 5.16 Å². The molecule has 4 rings (SSSR count). The lowest BCUT2D eigenvalue weighted by Crippen LogP contribution is -2.42. The van der Waals surface area contributed by atoms with Crippen LogP contribution in [0.15, 0.2) is 22.7 Å². The zero-order chi connectivity index (χ0) is 29.7. The molecule has 13 heteroatoms. The van der Waals surface area contributed by atoms with Gasteiger partial charge in [-0.3, -0.25) is 0 Å². The molecule has 1 aromatic carbocycles. The number of aromatic nitrogens is 3. The number of likely N-dealkylation sites (tertiary alicyclic amines) is 1. The van der Waals surface area contributed by atoms with E-state index < -0.39 is 17.8 Å². The van der Waals surface area contributed by atoms with E-state index in [0.29, 0.717) is 79.6 Å². The Morgan fingerprint density at radius 3 is 2.51 bits per heavy atom. The van der Waals surface area contributed by atoms with Crippen molar-refractivity contribution < 1.29 is 32.0 Å². The number of halogens is 3. The number of hydrogen-bond donors (Lipinski definition) is 2. The zero-order valence-electron chi connectivity index (χ0n) is 23.8. The average molecular weight is 577 g/mol. The third-order valence-electron chi connectivity index (χ3n) is 7.06. The maximum atomic E-state index is 14.2. The first kappa shape index (κ1) is 30.1. The van der Waals surface area contributed by atoms with Gasteiger partial charge < -0.3 is 29.5 Å². The van der Waals surface area contributed by atoms with Crippen LogP contribution in [0.25, 0.3) is 22.6 Å². The number of aryl methyl sites for hydroxylation is 2. The SMILES string of the molecule is CNCCCOc1ccc(C(F)(F)F)c(-c2nc(NC3CCN(C(=O)OC)CC3)c(C)c(-c3c(C)noc3C)n2)c1. The van der Waals surface area contributed by atoms with Crippen molar-refractivity contribution in [3.05, 3.63) is 40.8 Å². The fourth-order valence-electron chi connectivity index (χ4n) is 4.86. The summed E-state index contributed by atoms with van der Waals surface area (Å²) in [5.41, 5.74) is 1.17. The predicted octanol–water partition coefficient (Wildman–Crippen LogP) is 5.37. The lowest BCUT2D eigenvalue weighted by Gasteiger charge is -2.32. The lowest BCUT2D eigenvalue weighted by atomic mass is 10.0. The maximum absolute atomic E-state index is 14.2. The fourth-order valence-corrected chi connectivity index (χ4v) is 4.86. The van der Waals surface area contributed by atoms with Crippen molar-refractivity contribution in [3.8, 4) is 28.4 Å². The van der Waals surface area contributed by atoms with Crippen molar-refractivity contribution in [3.63, 3.8) is 0 Å². The van der Waals surface area contributed by atoms with E-state index in [1.807, 2.05) is 14.0 Å². The minimum absolute atomic E-state index is 0.0706. The molecule has 1 aliphatic heterocycles. The second kappa shape index (κ2) is 12.8. The zero-order valence-corrected chi connectivity index (χ0v) is 23.8. The highest BCUT2D eigenvalue weighted by Gasteiger charge is 2.35. The molecule has 2 aromatic heterocycles. The Morgan fingerprint density at radius 1 is 1.17 bits per heavy atom. The number of carbonyl (C=O) groups is 1. The molecule has 1 aliphatic rings. The first-order valence-corrected chi connectivity index (χ1v) is 13.4. The molecule has 0 spiro atoms. The molecule has 3 heterocycles. The Morgan fingerprint density at radius 2 is 1.90 bits per heavy atom. The molecule has 222 valence electrons. The summed E-state index contributed by atoms with van der Waals surface area (Å²) in [6, 6.07) is 3.57. The number of benzene rings is 1. The van der Waals surface area contributed by atoms with Gasteiger partial charge in [0.2, 0.25) is 0 Å². The number of amides is 1. The summed E-state index contributed by atoms with van der Waals surface area (Å²) in [6.07, 6.45) is -3.13. The van der Waals surface area contributed by atoms with Gasteiger partial charge in [-0.25, -0.2) is 14.8 Å². The van der Waals surface area contributed by atoms with Crippen molar-refractivity contribution in [1.82, 2.24) is 25.3 Å². The Balaban J connectivity index is 1.78. The smallest absolute Gasteiger partial charge is 0.417 e. The van der Waals surface area contributed by atoms with Crippen LogP contribution in [-0.4, -0.2) is 72.6 Å². The Hall–Kier alpha value is -3.87. The van der Waals surface area contributed by atoms with E-state index in [9.17, 15) is 18.0 Å². The predicted molar refractivity (Wildman–Crippen MR) is 147 cm³/mol. The number of hydrogen-bond acceptors (Lipinski definition) is 9. The first-order valence-electron chi connectivity index (χ1n) is 13.4. The van der Waals surface area contributed by atoms with Crippen molar-refractivity contribution >= 4 is 11.9 Å². The van der Waals surface area contributed by atoms with E-state index in [4.69, 9.17) is 14.0 Å². The van der Waals surface area contributed by atoms with Crippen LogP contribution in [0.2, 0.25) is 0 Å². The number of anilines is 1. The largest absolute Gasteiger partial charge is 0.494 e. The van der Waals surface area contributed by atoms with E-state index in [0.717, 1.165) is 6.07 Å². The summed E-state index contributed by atoms with van der Waals surface area (Å²) in [5, 5.41) is 10.4. The van der Waals surface area contributed by atoms with Crippen LogP contribution in [0.5, 0.6) is 5.75 Å². The number of alkyl halides is 3. The number of nitrogens with zero attached hydrogens (tertiary/aromatic N) is 4. The van der Waals surface area contributed by atoms with Gasteiger partial charge in [0.05, 0.1) is 36.2 Å². The van der Waals surface area contributed by atoms with Crippen LogP contribution < -0.4 is 15.4 Å². The molecule has 1 saturated heterocycles. The van der Waals surface area contributed by atoms with Gasteiger partial charge in [0.25, 0.3) is 0 Å². The van der Waals surface area contributed by atoms with Gasteiger partial charge >= 0.3 is 12.3 Å². The lowest BCUT2D eigenvalue weighted by molar-refractivity contribution is -0.137. The monoisotopic (exact) mass is 576 g/mol.